The molecular weight excluding hydrogens is 340 g/mol. The summed E-state index contributed by atoms with van der Waals surface area (Å²) in [5.74, 6) is 0.860. The first-order valence-electron chi connectivity index (χ1n) is 8.53. The van der Waals surface area contributed by atoms with Crippen LogP contribution in [0.1, 0.15) is 32.6 Å². The minimum absolute atomic E-state index is 0.0127. The molecule has 2 rings (SSSR count). The second kappa shape index (κ2) is 9.56. The molecule has 0 radical (unpaired) electrons. The minimum atomic E-state index is -0.549. The lowest BCUT2D eigenvalue weighted by Gasteiger charge is -2.28. The van der Waals surface area contributed by atoms with Crippen molar-refractivity contribution in [3.63, 3.8) is 0 Å². The van der Waals surface area contributed by atoms with Gasteiger partial charge >= 0.3 is 12.0 Å². The molecular formula is C18H26N2O4S. The zero-order valence-corrected chi connectivity index (χ0v) is 15.8. The van der Waals surface area contributed by atoms with E-state index in [0.717, 1.165) is 25.7 Å². The van der Waals surface area contributed by atoms with Crippen molar-refractivity contribution < 1.29 is 19.1 Å². The predicted molar refractivity (Wildman–Crippen MR) is 100 cm³/mol. The van der Waals surface area contributed by atoms with Crippen LogP contribution in [0.2, 0.25) is 0 Å². The molecule has 1 aliphatic rings. The van der Waals surface area contributed by atoms with E-state index in [-0.39, 0.29) is 17.4 Å². The zero-order chi connectivity index (χ0) is 18.2. The molecule has 1 fully saturated rings. The summed E-state index contributed by atoms with van der Waals surface area (Å²) >= 11 is 1.64. The van der Waals surface area contributed by atoms with Crippen LogP contribution in [-0.4, -0.2) is 48.3 Å². The smallest absolute Gasteiger partial charge is 0.329 e. The SMILES string of the molecule is CCCCCC1SCC(C(=O)OC)N1C(=O)Nc1cccc(OC)c1. The summed E-state index contributed by atoms with van der Waals surface area (Å²) in [6.07, 6.45) is 4.14. The molecule has 138 valence electrons. The molecule has 1 N–H and O–H groups in total. The Balaban J connectivity index is 2.12. The van der Waals surface area contributed by atoms with Gasteiger partial charge in [-0.15, -0.1) is 11.8 Å². The van der Waals surface area contributed by atoms with Crippen molar-refractivity contribution >= 4 is 29.4 Å². The second-order valence-electron chi connectivity index (χ2n) is 5.89. The van der Waals surface area contributed by atoms with Gasteiger partial charge in [0.25, 0.3) is 0 Å². The summed E-state index contributed by atoms with van der Waals surface area (Å²) in [6.45, 7) is 2.15. The van der Waals surface area contributed by atoms with Gasteiger partial charge in [-0.2, -0.15) is 0 Å². The van der Waals surface area contributed by atoms with E-state index in [4.69, 9.17) is 9.47 Å². The lowest BCUT2D eigenvalue weighted by Crippen LogP contribution is -2.48. The van der Waals surface area contributed by atoms with Crippen molar-refractivity contribution in [3.05, 3.63) is 24.3 Å². The van der Waals surface area contributed by atoms with Gasteiger partial charge in [-0.05, 0) is 18.6 Å². The number of thioether (sulfide) groups is 1. The highest BCUT2D eigenvalue weighted by molar-refractivity contribution is 8.00. The van der Waals surface area contributed by atoms with E-state index < -0.39 is 6.04 Å². The summed E-state index contributed by atoms with van der Waals surface area (Å²) in [5, 5.41) is 2.86. The topological polar surface area (TPSA) is 67.9 Å². The molecule has 2 atom stereocenters. The monoisotopic (exact) mass is 366 g/mol. The zero-order valence-electron chi connectivity index (χ0n) is 15.0. The van der Waals surface area contributed by atoms with Crippen molar-refractivity contribution in [3.8, 4) is 5.75 Å². The Morgan fingerprint density at radius 2 is 2.12 bits per heavy atom. The van der Waals surface area contributed by atoms with Crippen LogP contribution in [0.25, 0.3) is 0 Å². The summed E-state index contributed by atoms with van der Waals surface area (Å²) in [5.41, 5.74) is 0.636. The Bertz CT molecular complexity index is 596. The molecule has 0 saturated carbocycles. The molecule has 0 aliphatic carbocycles. The molecule has 7 heteroatoms. The van der Waals surface area contributed by atoms with Gasteiger partial charge in [0.2, 0.25) is 0 Å². The third-order valence-corrected chi connectivity index (χ3v) is 5.53. The molecule has 2 amide bonds. The number of benzene rings is 1. The van der Waals surface area contributed by atoms with Crippen LogP contribution >= 0.6 is 11.8 Å². The number of hydrogen-bond donors (Lipinski definition) is 1. The van der Waals surface area contributed by atoms with E-state index in [9.17, 15) is 9.59 Å². The van der Waals surface area contributed by atoms with Crippen LogP contribution in [0.3, 0.4) is 0 Å². The number of anilines is 1. The normalized spacial score (nSPS) is 19.6. The van der Waals surface area contributed by atoms with Gasteiger partial charge in [0, 0.05) is 17.5 Å². The first kappa shape index (κ1) is 19.4. The van der Waals surface area contributed by atoms with Gasteiger partial charge < -0.3 is 14.8 Å². The number of rotatable bonds is 7. The number of nitrogens with zero attached hydrogens (tertiary/aromatic N) is 1. The van der Waals surface area contributed by atoms with Crippen molar-refractivity contribution in [2.24, 2.45) is 0 Å². The van der Waals surface area contributed by atoms with Crippen LogP contribution in [0.4, 0.5) is 10.5 Å². The number of carbonyl (C=O) groups is 2. The Morgan fingerprint density at radius 1 is 1.32 bits per heavy atom. The van der Waals surface area contributed by atoms with Crippen molar-refractivity contribution in [2.75, 3.05) is 25.3 Å². The van der Waals surface area contributed by atoms with Crippen LogP contribution in [0.15, 0.2) is 24.3 Å². The molecule has 1 saturated heterocycles. The van der Waals surface area contributed by atoms with Crippen LogP contribution in [-0.2, 0) is 9.53 Å². The van der Waals surface area contributed by atoms with Gasteiger partial charge in [0.15, 0.2) is 0 Å². The van der Waals surface area contributed by atoms with Gasteiger partial charge in [-0.3, -0.25) is 4.90 Å². The quantitative estimate of drug-likeness (QED) is 0.588. The Morgan fingerprint density at radius 3 is 2.80 bits per heavy atom. The number of carbonyl (C=O) groups excluding carboxylic acids is 2. The highest BCUT2D eigenvalue weighted by atomic mass is 32.2. The van der Waals surface area contributed by atoms with Crippen molar-refractivity contribution in [1.82, 2.24) is 4.90 Å². The largest absolute Gasteiger partial charge is 0.497 e. The van der Waals surface area contributed by atoms with Gasteiger partial charge in [0.1, 0.15) is 11.8 Å². The van der Waals surface area contributed by atoms with Gasteiger partial charge in [-0.1, -0.05) is 32.3 Å². The number of urea groups is 1. The first-order valence-corrected chi connectivity index (χ1v) is 9.58. The maximum absolute atomic E-state index is 12.8. The predicted octanol–water partition coefficient (Wildman–Crippen LogP) is 3.72. The third kappa shape index (κ3) is 5.04. The van der Waals surface area contributed by atoms with E-state index in [1.807, 2.05) is 12.1 Å². The molecule has 1 aromatic rings. The molecule has 0 spiro atoms. The fourth-order valence-electron chi connectivity index (χ4n) is 2.83. The van der Waals surface area contributed by atoms with E-state index >= 15 is 0 Å². The number of esters is 1. The highest BCUT2D eigenvalue weighted by Gasteiger charge is 2.42. The van der Waals surface area contributed by atoms with Crippen LogP contribution < -0.4 is 10.1 Å². The Hall–Kier alpha value is -1.89. The second-order valence-corrected chi connectivity index (χ2v) is 7.10. The molecule has 0 aromatic heterocycles. The number of nitrogens with one attached hydrogen (secondary N) is 1. The third-order valence-electron chi connectivity index (χ3n) is 4.18. The standard InChI is InChI=1S/C18H26N2O4S/c1-4-5-6-10-16-20(15(12-25-16)17(21)24-3)18(22)19-13-8-7-9-14(11-13)23-2/h7-9,11,15-16H,4-6,10,12H2,1-3H3,(H,19,22). The summed E-state index contributed by atoms with van der Waals surface area (Å²) in [7, 11) is 2.94. The fourth-order valence-corrected chi connectivity index (χ4v) is 4.27. The molecule has 0 bridgehead atoms. The van der Waals surface area contributed by atoms with E-state index in [1.54, 1.807) is 35.9 Å². The average molecular weight is 366 g/mol. The van der Waals surface area contributed by atoms with E-state index in [2.05, 4.69) is 12.2 Å². The Kier molecular flexibility index (Phi) is 7.43. The highest BCUT2D eigenvalue weighted by Crippen LogP contribution is 2.34. The van der Waals surface area contributed by atoms with Crippen LogP contribution in [0.5, 0.6) is 5.75 Å². The number of methoxy groups -OCH3 is 2. The summed E-state index contributed by atoms with van der Waals surface area (Å²) in [4.78, 5) is 26.6. The molecule has 6 nitrogen and oxygen atoms in total. The maximum atomic E-state index is 12.8. The lowest BCUT2D eigenvalue weighted by molar-refractivity contribution is -0.144. The Labute approximate surface area is 153 Å². The molecule has 1 aliphatic heterocycles. The van der Waals surface area contributed by atoms with Crippen molar-refractivity contribution in [1.29, 1.82) is 0 Å². The number of ether oxygens (including phenoxy) is 2. The maximum Gasteiger partial charge on any atom is 0.329 e. The molecule has 1 aromatic carbocycles. The first-order chi connectivity index (χ1) is 12.1. The number of unbranched alkanes of at least 4 members (excludes halogenated alkanes) is 2. The molecule has 2 unspecified atom stereocenters. The van der Waals surface area contributed by atoms with Crippen LogP contribution in [0, 0.1) is 0 Å². The van der Waals surface area contributed by atoms with E-state index in [1.165, 1.54) is 7.11 Å². The van der Waals surface area contributed by atoms with Gasteiger partial charge in [-0.25, -0.2) is 9.59 Å². The fraction of sp³-hybridized carbons (Fsp3) is 0.556. The summed E-state index contributed by atoms with van der Waals surface area (Å²) < 4.78 is 10.1. The number of hydrogen-bond acceptors (Lipinski definition) is 5. The molecule has 1 heterocycles. The lowest BCUT2D eigenvalue weighted by atomic mass is 10.2. The average Bonchev–Trinajstić information content (AvgIpc) is 3.05. The van der Waals surface area contributed by atoms with Crippen molar-refractivity contribution in [2.45, 2.75) is 44.0 Å². The number of amides is 2. The molecule has 25 heavy (non-hydrogen) atoms. The van der Waals surface area contributed by atoms with E-state index in [0.29, 0.717) is 17.2 Å². The minimum Gasteiger partial charge on any atom is -0.497 e. The summed E-state index contributed by atoms with van der Waals surface area (Å²) in [6, 6.07) is 6.33. The van der Waals surface area contributed by atoms with Gasteiger partial charge in [0.05, 0.1) is 19.6 Å².